The van der Waals surface area contributed by atoms with Gasteiger partial charge in [-0.15, -0.1) is 0 Å². The zero-order chi connectivity index (χ0) is 22.0. The molecule has 2 fully saturated rings. The third-order valence-corrected chi connectivity index (χ3v) is 5.25. The van der Waals surface area contributed by atoms with Gasteiger partial charge in [-0.05, 0) is 6.07 Å². The summed E-state index contributed by atoms with van der Waals surface area (Å²) in [5, 5.41) is 2.56. The van der Waals surface area contributed by atoms with Gasteiger partial charge in [-0.1, -0.05) is 0 Å². The summed E-state index contributed by atoms with van der Waals surface area (Å²) in [5.74, 6) is -0.977. The number of cyclic esters (lactones) is 1. The maximum atomic E-state index is 14.9. The van der Waals surface area contributed by atoms with Crippen LogP contribution < -0.4 is 20.0 Å². The lowest BCUT2D eigenvalue weighted by atomic mass is 10.2. The number of carbonyl (C=O) groups excluding carboxylic acids is 2. The molecule has 0 spiro atoms. The highest BCUT2D eigenvalue weighted by molar-refractivity contribution is 5.90. The maximum absolute atomic E-state index is 14.9. The standard InChI is InChI=1S/C20H22F2N6O3/c1-13(29)24-10-15-11-28(20(30)31-15)14-8-16(21)19(17(22)9-14)27-6-4-26(5-7-27)18-2-3-23-12-25-18/h2-3,8-9,12,15H,4-7,10-11H2,1H3,(H,24,29)/t15-/m0/s1. The van der Waals surface area contributed by atoms with E-state index in [2.05, 4.69) is 15.3 Å². The summed E-state index contributed by atoms with van der Waals surface area (Å²) < 4.78 is 35.0. The number of nitrogens with one attached hydrogen (secondary N) is 1. The molecule has 1 aromatic carbocycles. The highest BCUT2D eigenvalue weighted by atomic mass is 19.1. The molecule has 0 radical (unpaired) electrons. The van der Waals surface area contributed by atoms with Crippen molar-refractivity contribution < 1.29 is 23.1 Å². The number of hydrogen-bond acceptors (Lipinski definition) is 7. The molecule has 0 saturated carbocycles. The van der Waals surface area contributed by atoms with E-state index in [9.17, 15) is 18.4 Å². The number of halogens is 2. The molecule has 0 unspecified atom stereocenters. The molecule has 2 saturated heterocycles. The first-order valence-electron chi connectivity index (χ1n) is 9.90. The summed E-state index contributed by atoms with van der Waals surface area (Å²) in [6.45, 7) is 3.53. The van der Waals surface area contributed by atoms with Crippen LogP contribution in [0.15, 0.2) is 30.7 Å². The molecular weight excluding hydrogens is 410 g/mol. The van der Waals surface area contributed by atoms with Gasteiger partial charge in [-0.25, -0.2) is 23.5 Å². The summed E-state index contributed by atoms with van der Waals surface area (Å²) in [6.07, 6.45) is 1.82. The van der Waals surface area contributed by atoms with E-state index in [1.54, 1.807) is 17.2 Å². The molecule has 4 rings (SSSR count). The summed E-state index contributed by atoms with van der Waals surface area (Å²) in [7, 11) is 0. The number of rotatable bonds is 5. The number of hydrogen-bond donors (Lipinski definition) is 1. The molecule has 1 aromatic heterocycles. The Morgan fingerprint density at radius 3 is 2.48 bits per heavy atom. The molecule has 0 aliphatic carbocycles. The lowest BCUT2D eigenvalue weighted by Gasteiger charge is -2.37. The number of nitrogens with zero attached hydrogens (tertiary/aromatic N) is 5. The Morgan fingerprint density at radius 2 is 1.87 bits per heavy atom. The Hall–Kier alpha value is -3.50. The highest BCUT2D eigenvalue weighted by Crippen LogP contribution is 2.31. The fourth-order valence-corrected chi connectivity index (χ4v) is 3.74. The van der Waals surface area contributed by atoms with Crippen LogP contribution in [0.2, 0.25) is 0 Å². The van der Waals surface area contributed by atoms with E-state index in [0.717, 1.165) is 22.9 Å². The van der Waals surface area contributed by atoms with E-state index < -0.39 is 23.8 Å². The van der Waals surface area contributed by atoms with Crippen molar-refractivity contribution in [2.75, 3.05) is 54.0 Å². The number of amides is 2. The minimum absolute atomic E-state index is 0.0775. The van der Waals surface area contributed by atoms with Gasteiger partial charge in [0, 0.05) is 51.4 Å². The Balaban J connectivity index is 1.45. The highest BCUT2D eigenvalue weighted by Gasteiger charge is 2.34. The number of benzene rings is 1. The van der Waals surface area contributed by atoms with Crippen molar-refractivity contribution in [3.8, 4) is 0 Å². The largest absolute Gasteiger partial charge is 0.442 e. The second-order valence-corrected chi connectivity index (χ2v) is 7.35. The molecule has 9 nitrogen and oxygen atoms in total. The van der Waals surface area contributed by atoms with Crippen LogP contribution >= 0.6 is 0 Å². The first-order valence-corrected chi connectivity index (χ1v) is 9.90. The minimum Gasteiger partial charge on any atom is -0.442 e. The molecular formula is C20H22F2N6O3. The van der Waals surface area contributed by atoms with Crippen molar-refractivity contribution in [3.63, 3.8) is 0 Å². The monoisotopic (exact) mass is 432 g/mol. The van der Waals surface area contributed by atoms with Crippen LogP contribution in [0.5, 0.6) is 0 Å². The average Bonchev–Trinajstić information content (AvgIpc) is 3.13. The van der Waals surface area contributed by atoms with Gasteiger partial charge in [-0.3, -0.25) is 9.69 Å². The Labute approximate surface area is 177 Å². The van der Waals surface area contributed by atoms with Crippen LogP contribution in [-0.2, 0) is 9.53 Å². The molecule has 11 heteroatoms. The third kappa shape index (κ3) is 4.49. The first-order chi connectivity index (χ1) is 14.9. The van der Waals surface area contributed by atoms with Crippen molar-refractivity contribution >= 4 is 29.2 Å². The smallest absolute Gasteiger partial charge is 0.414 e. The molecule has 2 amide bonds. The van der Waals surface area contributed by atoms with E-state index in [1.807, 2.05) is 4.90 Å². The van der Waals surface area contributed by atoms with E-state index >= 15 is 0 Å². The lowest BCUT2D eigenvalue weighted by molar-refractivity contribution is -0.119. The Bertz CT molecular complexity index is 946. The number of anilines is 3. The van der Waals surface area contributed by atoms with Gasteiger partial charge in [0.2, 0.25) is 5.91 Å². The van der Waals surface area contributed by atoms with Gasteiger partial charge < -0.3 is 19.9 Å². The normalized spacial score (nSPS) is 18.9. The molecule has 1 N–H and O–H groups in total. The zero-order valence-corrected chi connectivity index (χ0v) is 16.9. The Morgan fingerprint density at radius 1 is 1.19 bits per heavy atom. The lowest BCUT2D eigenvalue weighted by Crippen LogP contribution is -2.47. The fourth-order valence-electron chi connectivity index (χ4n) is 3.74. The first kappa shape index (κ1) is 20.8. The third-order valence-electron chi connectivity index (χ3n) is 5.25. The molecule has 2 aliphatic rings. The molecule has 2 aromatic rings. The van der Waals surface area contributed by atoms with E-state index in [1.165, 1.54) is 13.3 Å². The van der Waals surface area contributed by atoms with Gasteiger partial charge in [0.15, 0.2) is 11.6 Å². The van der Waals surface area contributed by atoms with E-state index in [4.69, 9.17) is 4.74 Å². The van der Waals surface area contributed by atoms with Crippen molar-refractivity contribution in [2.24, 2.45) is 0 Å². The van der Waals surface area contributed by atoms with Crippen molar-refractivity contribution in [2.45, 2.75) is 13.0 Å². The summed E-state index contributed by atoms with van der Waals surface area (Å²) in [5.41, 5.74) is -0.0397. The van der Waals surface area contributed by atoms with Crippen molar-refractivity contribution in [1.82, 2.24) is 15.3 Å². The summed E-state index contributed by atoms with van der Waals surface area (Å²) >= 11 is 0. The molecule has 3 heterocycles. The Kier molecular flexibility index (Phi) is 5.83. The van der Waals surface area contributed by atoms with Gasteiger partial charge in [0.1, 0.15) is 23.9 Å². The van der Waals surface area contributed by atoms with Gasteiger partial charge in [0.05, 0.1) is 18.8 Å². The average molecular weight is 432 g/mol. The molecule has 164 valence electrons. The van der Waals surface area contributed by atoms with E-state index in [-0.39, 0.29) is 30.4 Å². The summed E-state index contributed by atoms with van der Waals surface area (Å²) in [6, 6.07) is 4.06. The van der Waals surface area contributed by atoms with Gasteiger partial charge in [0.25, 0.3) is 0 Å². The topological polar surface area (TPSA) is 90.9 Å². The molecule has 1 atom stereocenters. The maximum Gasteiger partial charge on any atom is 0.414 e. The molecule has 31 heavy (non-hydrogen) atoms. The fraction of sp³-hybridized carbons (Fsp3) is 0.400. The molecule has 2 aliphatic heterocycles. The second-order valence-electron chi connectivity index (χ2n) is 7.35. The van der Waals surface area contributed by atoms with E-state index in [0.29, 0.717) is 26.2 Å². The van der Waals surface area contributed by atoms with Gasteiger partial charge in [-0.2, -0.15) is 0 Å². The number of piperazine rings is 1. The summed E-state index contributed by atoms with van der Waals surface area (Å²) in [4.78, 5) is 36.1. The second kappa shape index (κ2) is 8.70. The number of carbonyl (C=O) groups is 2. The number of aromatic nitrogens is 2. The van der Waals surface area contributed by atoms with Crippen molar-refractivity contribution in [3.05, 3.63) is 42.4 Å². The zero-order valence-electron chi connectivity index (χ0n) is 16.9. The van der Waals surface area contributed by atoms with Crippen molar-refractivity contribution in [1.29, 1.82) is 0 Å². The molecule has 0 bridgehead atoms. The van der Waals surface area contributed by atoms with Gasteiger partial charge >= 0.3 is 6.09 Å². The van der Waals surface area contributed by atoms with Crippen LogP contribution in [0.3, 0.4) is 0 Å². The van der Waals surface area contributed by atoms with Crippen LogP contribution in [0.1, 0.15) is 6.92 Å². The SMILES string of the molecule is CC(=O)NC[C@H]1CN(c2cc(F)c(N3CCN(c4ccncn4)CC3)c(F)c2)C(=O)O1. The van der Waals surface area contributed by atoms with Crippen LogP contribution in [0.25, 0.3) is 0 Å². The quantitative estimate of drug-likeness (QED) is 0.767. The predicted molar refractivity (Wildman–Crippen MR) is 109 cm³/mol. The van der Waals surface area contributed by atoms with Crippen LogP contribution in [0, 0.1) is 11.6 Å². The minimum atomic E-state index is -0.747. The van der Waals surface area contributed by atoms with Crippen LogP contribution in [-0.4, -0.2) is 67.3 Å². The van der Waals surface area contributed by atoms with Crippen LogP contribution in [0.4, 0.5) is 30.8 Å². The predicted octanol–water partition coefficient (Wildman–Crippen LogP) is 1.54. The number of ether oxygens (including phenoxy) is 1.